The van der Waals surface area contributed by atoms with Gasteiger partial charge in [-0.3, -0.25) is 0 Å². The number of para-hydroxylation sites is 2. The molecule has 1 atom stereocenters. The second kappa shape index (κ2) is 5.95. The van der Waals surface area contributed by atoms with E-state index >= 15 is 0 Å². The Balaban J connectivity index is 2.28. The average Bonchev–Trinajstić information content (AvgIpc) is 2.41. The summed E-state index contributed by atoms with van der Waals surface area (Å²) in [5.74, 6) is 1.87. The van der Waals surface area contributed by atoms with Gasteiger partial charge < -0.3 is 15.2 Å². The van der Waals surface area contributed by atoms with E-state index in [1.54, 1.807) is 7.11 Å². The van der Waals surface area contributed by atoms with Gasteiger partial charge in [0, 0.05) is 6.04 Å². The molecule has 0 aromatic heterocycles. The number of methoxy groups -OCH3 is 1. The largest absolute Gasteiger partial charge is 0.493 e. The van der Waals surface area contributed by atoms with Crippen LogP contribution in [0.15, 0.2) is 42.5 Å². The maximum atomic E-state index is 6.20. The molecule has 4 heteroatoms. The van der Waals surface area contributed by atoms with Crippen LogP contribution in [0.25, 0.3) is 0 Å². The molecule has 0 unspecified atom stereocenters. The summed E-state index contributed by atoms with van der Waals surface area (Å²) < 4.78 is 11.0. The molecule has 2 rings (SSSR count). The van der Waals surface area contributed by atoms with Gasteiger partial charge in [0.1, 0.15) is 5.75 Å². The van der Waals surface area contributed by atoms with Gasteiger partial charge in [-0.25, -0.2) is 0 Å². The summed E-state index contributed by atoms with van der Waals surface area (Å²) in [6.45, 7) is 1.91. The fourth-order valence-corrected chi connectivity index (χ4v) is 1.93. The lowest BCUT2D eigenvalue weighted by Gasteiger charge is -2.13. The monoisotopic (exact) mass is 277 g/mol. The van der Waals surface area contributed by atoms with Crippen LogP contribution in [0.2, 0.25) is 5.02 Å². The number of hydrogen-bond donors (Lipinski definition) is 1. The van der Waals surface area contributed by atoms with Crippen molar-refractivity contribution in [2.45, 2.75) is 13.0 Å². The second-order valence-corrected chi connectivity index (χ2v) is 4.64. The lowest BCUT2D eigenvalue weighted by molar-refractivity contribution is 0.379. The van der Waals surface area contributed by atoms with E-state index in [1.807, 2.05) is 49.4 Å². The zero-order valence-corrected chi connectivity index (χ0v) is 11.6. The van der Waals surface area contributed by atoms with Crippen LogP contribution in [0.3, 0.4) is 0 Å². The molecule has 19 heavy (non-hydrogen) atoms. The third-order valence-corrected chi connectivity index (χ3v) is 3.07. The van der Waals surface area contributed by atoms with Crippen LogP contribution in [0.5, 0.6) is 17.2 Å². The zero-order chi connectivity index (χ0) is 13.8. The van der Waals surface area contributed by atoms with E-state index in [9.17, 15) is 0 Å². The quantitative estimate of drug-likeness (QED) is 0.912. The Kier molecular flexibility index (Phi) is 4.30. The molecule has 0 saturated heterocycles. The van der Waals surface area contributed by atoms with E-state index in [2.05, 4.69) is 0 Å². The highest BCUT2D eigenvalue weighted by molar-refractivity contribution is 6.32. The number of ether oxygens (including phenoxy) is 2. The third-order valence-electron chi connectivity index (χ3n) is 2.77. The van der Waals surface area contributed by atoms with Crippen LogP contribution in [0, 0.1) is 0 Å². The first-order valence-electron chi connectivity index (χ1n) is 5.97. The Morgan fingerprint density at radius 3 is 2.32 bits per heavy atom. The van der Waals surface area contributed by atoms with Crippen molar-refractivity contribution in [3.05, 3.63) is 53.1 Å². The normalized spacial score (nSPS) is 12.0. The molecule has 100 valence electrons. The number of halogens is 1. The lowest BCUT2D eigenvalue weighted by atomic mass is 10.1. The average molecular weight is 278 g/mol. The van der Waals surface area contributed by atoms with E-state index in [4.69, 9.17) is 26.8 Å². The molecule has 0 aliphatic heterocycles. The summed E-state index contributed by atoms with van der Waals surface area (Å²) in [6.07, 6.45) is 0. The number of benzene rings is 2. The Hall–Kier alpha value is -1.71. The van der Waals surface area contributed by atoms with Crippen LogP contribution in [-0.2, 0) is 0 Å². The van der Waals surface area contributed by atoms with Crippen LogP contribution < -0.4 is 15.2 Å². The Bertz CT molecular complexity index is 570. The van der Waals surface area contributed by atoms with Gasteiger partial charge in [-0.2, -0.15) is 0 Å². The Labute approximate surface area is 117 Å². The molecule has 2 N–H and O–H groups in total. The Morgan fingerprint density at radius 2 is 1.74 bits per heavy atom. The van der Waals surface area contributed by atoms with Crippen molar-refractivity contribution in [2.24, 2.45) is 5.73 Å². The van der Waals surface area contributed by atoms with E-state index < -0.39 is 0 Å². The molecule has 0 heterocycles. The minimum atomic E-state index is -0.0576. The summed E-state index contributed by atoms with van der Waals surface area (Å²) in [5.41, 5.74) is 6.78. The van der Waals surface area contributed by atoms with Crippen molar-refractivity contribution in [1.29, 1.82) is 0 Å². The summed E-state index contributed by atoms with van der Waals surface area (Å²) in [4.78, 5) is 0. The SMILES string of the molecule is COc1ccccc1Oc1ccc([C@@H](C)N)cc1Cl. The molecular formula is C15H16ClNO2. The fourth-order valence-electron chi connectivity index (χ4n) is 1.70. The van der Waals surface area contributed by atoms with E-state index in [0.29, 0.717) is 22.3 Å². The van der Waals surface area contributed by atoms with Crippen molar-refractivity contribution >= 4 is 11.6 Å². The van der Waals surface area contributed by atoms with Gasteiger partial charge in [0.15, 0.2) is 11.5 Å². The molecule has 0 aliphatic rings. The zero-order valence-electron chi connectivity index (χ0n) is 10.9. The predicted molar refractivity (Wildman–Crippen MR) is 77.1 cm³/mol. The van der Waals surface area contributed by atoms with Gasteiger partial charge in [-0.15, -0.1) is 0 Å². The summed E-state index contributed by atoms with van der Waals surface area (Å²) in [6, 6.07) is 12.9. The molecule has 0 aliphatic carbocycles. The van der Waals surface area contributed by atoms with Gasteiger partial charge in [-0.1, -0.05) is 29.8 Å². The molecule has 0 fully saturated rings. The molecule has 0 bridgehead atoms. The summed E-state index contributed by atoms with van der Waals surface area (Å²) in [5, 5.41) is 0.528. The molecule has 2 aromatic carbocycles. The molecule has 2 aromatic rings. The molecule has 0 radical (unpaired) electrons. The lowest BCUT2D eigenvalue weighted by Crippen LogP contribution is -2.04. The second-order valence-electron chi connectivity index (χ2n) is 4.23. The maximum absolute atomic E-state index is 6.20. The molecule has 0 spiro atoms. The predicted octanol–water partition coefficient (Wildman–Crippen LogP) is 4.16. The highest BCUT2D eigenvalue weighted by Gasteiger charge is 2.09. The number of nitrogens with two attached hydrogens (primary N) is 1. The topological polar surface area (TPSA) is 44.5 Å². The molecule has 0 amide bonds. The minimum absolute atomic E-state index is 0.0576. The van der Waals surface area contributed by atoms with Crippen LogP contribution in [0.4, 0.5) is 0 Å². The fraction of sp³-hybridized carbons (Fsp3) is 0.200. The molecular weight excluding hydrogens is 262 g/mol. The summed E-state index contributed by atoms with van der Waals surface area (Å²) in [7, 11) is 1.60. The highest BCUT2D eigenvalue weighted by Crippen LogP contribution is 2.35. The highest BCUT2D eigenvalue weighted by atomic mass is 35.5. The van der Waals surface area contributed by atoms with Crippen molar-refractivity contribution in [3.63, 3.8) is 0 Å². The van der Waals surface area contributed by atoms with Gasteiger partial charge in [0.2, 0.25) is 0 Å². The van der Waals surface area contributed by atoms with Gasteiger partial charge in [0.25, 0.3) is 0 Å². The number of hydrogen-bond acceptors (Lipinski definition) is 3. The molecule has 0 saturated carbocycles. The van der Waals surface area contributed by atoms with Gasteiger partial charge in [-0.05, 0) is 36.8 Å². The van der Waals surface area contributed by atoms with Gasteiger partial charge >= 0.3 is 0 Å². The first-order valence-corrected chi connectivity index (χ1v) is 6.35. The van der Waals surface area contributed by atoms with Crippen molar-refractivity contribution in [1.82, 2.24) is 0 Å². The Morgan fingerprint density at radius 1 is 1.05 bits per heavy atom. The van der Waals surface area contributed by atoms with E-state index in [-0.39, 0.29) is 6.04 Å². The van der Waals surface area contributed by atoms with Crippen molar-refractivity contribution in [3.8, 4) is 17.2 Å². The summed E-state index contributed by atoms with van der Waals surface area (Å²) >= 11 is 6.20. The first kappa shape index (κ1) is 13.7. The van der Waals surface area contributed by atoms with Crippen LogP contribution >= 0.6 is 11.6 Å². The smallest absolute Gasteiger partial charge is 0.169 e. The number of rotatable bonds is 4. The standard InChI is InChI=1S/C15H16ClNO2/c1-10(17)11-7-8-13(12(16)9-11)19-15-6-4-3-5-14(15)18-2/h3-10H,17H2,1-2H3/t10-/m1/s1. The van der Waals surface area contributed by atoms with E-state index in [1.165, 1.54) is 0 Å². The first-order chi connectivity index (χ1) is 9.11. The molecule has 3 nitrogen and oxygen atoms in total. The maximum Gasteiger partial charge on any atom is 0.169 e. The van der Waals surface area contributed by atoms with Gasteiger partial charge in [0.05, 0.1) is 12.1 Å². The third kappa shape index (κ3) is 3.19. The van der Waals surface area contributed by atoms with Crippen molar-refractivity contribution in [2.75, 3.05) is 7.11 Å². The van der Waals surface area contributed by atoms with Crippen molar-refractivity contribution < 1.29 is 9.47 Å². The van der Waals surface area contributed by atoms with E-state index in [0.717, 1.165) is 5.56 Å². The van der Waals surface area contributed by atoms with Crippen LogP contribution in [0.1, 0.15) is 18.5 Å². The van der Waals surface area contributed by atoms with Crippen LogP contribution in [-0.4, -0.2) is 7.11 Å². The minimum Gasteiger partial charge on any atom is -0.493 e.